The van der Waals surface area contributed by atoms with Crippen LogP contribution in [-0.4, -0.2) is 21.4 Å². The fourth-order valence-electron chi connectivity index (χ4n) is 2.94. The molecule has 2 aromatic carbocycles. The van der Waals surface area contributed by atoms with Gasteiger partial charge in [0.25, 0.3) is 0 Å². The molecule has 0 amide bonds. The topological polar surface area (TPSA) is 27.2 Å². The largest absolute Gasteiger partial charge is 0.315 e. The van der Waals surface area contributed by atoms with Crippen LogP contribution in [0.3, 0.4) is 0 Å². The maximum Gasteiger partial charge on any atom is 0.203 e. The number of hydrogen-bond acceptors (Lipinski definition) is 2. The molecule has 26 heavy (non-hydrogen) atoms. The molecule has 1 aromatic heterocycles. The molecule has 0 saturated heterocycles. The number of nitrogens with zero attached hydrogens (tertiary/aromatic N) is 3. The SMILES string of the molecule is CCn1c(-c2ccccc2)nn(C[NH+](C)Cc2c(F)cccc2Cl)c1=S. The maximum absolute atomic E-state index is 14.0. The molecule has 0 radical (unpaired) electrons. The van der Waals surface area contributed by atoms with E-state index in [0.29, 0.717) is 28.6 Å². The molecule has 0 aliphatic heterocycles. The van der Waals surface area contributed by atoms with Gasteiger partial charge in [-0.05, 0) is 31.3 Å². The second-order valence-corrected chi connectivity index (χ2v) is 6.98. The van der Waals surface area contributed by atoms with Crippen molar-refractivity contribution in [2.24, 2.45) is 0 Å². The van der Waals surface area contributed by atoms with Crippen molar-refractivity contribution in [1.29, 1.82) is 0 Å². The number of benzene rings is 2. The molecular formula is C19H21ClFN4S+. The number of quaternary nitrogens is 1. The number of hydrogen-bond donors (Lipinski definition) is 1. The standard InChI is InChI=1S/C19H20ClFN4S/c1-3-24-18(14-8-5-4-6-9-14)22-25(19(24)26)13-23(2)12-15-16(20)10-7-11-17(15)21/h4-11H,3,12-13H2,1-2H3/p+1. The monoisotopic (exact) mass is 391 g/mol. The van der Waals surface area contributed by atoms with Crippen molar-refractivity contribution >= 4 is 23.8 Å². The maximum atomic E-state index is 14.0. The average molecular weight is 392 g/mol. The van der Waals surface area contributed by atoms with Gasteiger partial charge in [-0.3, -0.25) is 0 Å². The molecule has 1 heterocycles. The molecule has 7 heteroatoms. The molecule has 136 valence electrons. The third-order valence-corrected chi connectivity index (χ3v) is 5.02. The molecule has 4 nitrogen and oxygen atoms in total. The predicted octanol–water partition coefficient (Wildman–Crippen LogP) is 3.57. The first-order chi connectivity index (χ1) is 12.5. The van der Waals surface area contributed by atoms with E-state index in [2.05, 4.69) is 0 Å². The first-order valence-electron chi connectivity index (χ1n) is 8.48. The lowest BCUT2D eigenvalue weighted by atomic mass is 10.2. The van der Waals surface area contributed by atoms with Gasteiger partial charge in [0.05, 0.1) is 17.6 Å². The fourth-order valence-corrected chi connectivity index (χ4v) is 3.50. The highest BCUT2D eigenvalue weighted by Gasteiger charge is 2.16. The van der Waals surface area contributed by atoms with Gasteiger partial charge in [0.2, 0.25) is 4.77 Å². The van der Waals surface area contributed by atoms with E-state index in [1.165, 1.54) is 6.07 Å². The van der Waals surface area contributed by atoms with E-state index in [9.17, 15) is 4.39 Å². The Labute approximate surface area is 162 Å². The Morgan fingerprint density at radius 3 is 2.54 bits per heavy atom. The quantitative estimate of drug-likeness (QED) is 0.650. The average Bonchev–Trinajstić information content (AvgIpc) is 2.95. The minimum atomic E-state index is -0.287. The van der Waals surface area contributed by atoms with Gasteiger partial charge in [-0.2, -0.15) is 4.68 Å². The molecule has 0 saturated carbocycles. The normalized spacial score (nSPS) is 12.3. The van der Waals surface area contributed by atoms with E-state index in [1.807, 2.05) is 48.9 Å². The lowest BCUT2D eigenvalue weighted by Gasteiger charge is -2.15. The van der Waals surface area contributed by atoms with Crippen molar-refractivity contribution in [3.8, 4) is 11.4 Å². The lowest BCUT2D eigenvalue weighted by molar-refractivity contribution is -0.917. The zero-order valence-corrected chi connectivity index (χ0v) is 16.3. The highest BCUT2D eigenvalue weighted by atomic mass is 35.5. The van der Waals surface area contributed by atoms with Crippen LogP contribution < -0.4 is 4.90 Å². The van der Waals surface area contributed by atoms with E-state index < -0.39 is 0 Å². The highest BCUT2D eigenvalue weighted by molar-refractivity contribution is 7.71. The van der Waals surface area contributed by atoms with Gasteiger partial charge in [-0.15, -0.1) is 5.10 Å². The van der Waals surface area contributed by atoms with Crippen LogP contribution in [0.5, 0.6) is 0 Å². The molecule has 0 spiro atoms. The second kappa shape index (κ2) is 8.12. The van der Waals surface area contributed by atoms with Crippen molar-refractivity contribution in [1.82, 2.24) is 14.3 Å². The van der Waals surface area contributed by atoms with Crippen molar-refractivity contribution in [2.75, 3.05) is 7.05 Å². The molecule has 3 rings (SSSR count). The predicted molar refractivity (Wildman–Crippen MR) is 104 cm³/mol. The molecule has 0 bridgehead atoms. The Morgan fingerprint density at radius 1 is 1.15 bits per heavy atom. The summed E-state index contributed by atoms with van der Waals surface area (Å²) in [7, 11) is 1.97. The van der Waals surface area contributed by atoms with Crippen molar-refractivity contribution in [3.05, 3.63) is 69.7 Å². The summed E-state index contributed by atoms with van der Waals surface area (Å²) >= 11 is 11.7. The molecule has 1 atom stereocenters. The summed E-state index contributed by atoms with van der Waals surface area (Å²) in [5.74, 6) is 0.555. The second-order valence-electron chi connectivity index (χ2n) is 6.21. The number of halogens is 2. The van der Waals surface area contributed by atoms with Gasteiger partial charge in [0.1, 0.15) is 12.4 Å². The third kappa shape index (κ3) is 3.87. The number of aromatic nitrogens is 3. The van der Waals surface area contributed by atoms with Crippen LogP contribution in [0.2, 0.25) is 5.02 Å². The summed E-state index contributed by atoms with van der Waals surface area (Å²) in [5.41, 5.74) is 1.53. The molecule has 0 fully saturated rings. The first-order valence-corrected chi connectivity index (χ1v) is 9.27. The van der Waals surface area contributed by atoms with Gasteiger partial charge in [0, 0.05) is 12.1 Å². The van der Waals surface area contributed by atoms with Crippen molar-refractivity contribution in [3.63, 3.8) is 0 Å². The molecular weight excluding hydrogens is 371 g/mol. The smallest absolute Gasteiger partial charge is 0.203 e. The van der Waals surface area contributed by atoms with Gasteiger partial charge in [-0.25, -0.2) is 4.39 Å². The minimum Gasteiger partial charge on any atom is -0.315 e. The van der Waals surface area contributed by atoms with Gasteiger partial charge >= 0.3 is 0 Å². The molecule has 1 N–H and O–H groups in total. The Balaban J connectivity index is 1.86. The van der Waals surface area contributed by atoms with Crippen LogP contribution in [0, 0.1) is 10.6 Å². The molecule has 0 aliphatic rings. The van der Waals surface area contributed by atoms with E-state index >= 15 is 0 Å². The first kappa shape index (κ1) is 18.8. The summed E-state index contributed by atoms with van der Waals surface area (Å²) in [6.07, 6.45) is 0. The molecule has 1 unspecified atom stereocenters. The molecule has 3 aromatic rings. The summed E-state index contributed by atoms with van der Waals surface area (Å²) in [6, 6.07) is 14.7. The Kier molecular flexibility index (Phi) is 5.86. The Morgan fingerprint density at radius 2 is 1.88 bits per heavy atom. The highest BCUT2D eigenvalue weighted by Crippen LogP contribution is 2.19. The van der Waals surface area contributed by atoms with Crippen LogP contribution in [-0.2, 0) is 19.8 Å². The lowest BCUT2D eigenvalue weighted by Crippen LogP contribution is -3.07. The summed E-state index contributed by atoms with van der Waals surface area (Å²) in [5, 5.41) is 5.15. The summed E-state index contributed by atoms with van der Waals surface area (Å²) in [6.45, 7) is 3.76. The van der Waals surface area contributed by atoms with E-state index in [4.69, 9.17) is 28.9 Å². The van der Waals surface area contributed by atoms with Gasteiger partial charge < -0.3 is 9.47 Å². The fraction of sp³-hybridized carbons (Fsp3) is 0.263. The van der Waals surface area contributed by atoms with E-state index in [1.54, 1.807) is 16.8 Å². The minimum absolute atomic E-state index is 0.287. The van der Waals surface area contributed by atoms with Crippen molar-refractivity contribution in [2.45, 2.75) is 26.7 Å². The van der Waals surface area contributed by atoms with E-state index in [0.717, 1.165) is 22.8 Å². The third-order valence-electron chi connectivity index (χ3n) is 4.23. The summed E-state index contributed by atoms with van der Waals surface area (Å²) < 4.78 is 18.5. The zero-order valence-electron chi connectivity index (χ0n) is 14.7. The van der Waals surface area contributed by atoms with Gasteiger partial charge in [-0.1, -0.05) is 48.0 Å². The summed E-state index contributed by atoms with van der Waals surface area (Å²) in [4.78, 5) is 1.04. The van der Waals surface area contributed by atoms with Crippen LogP contribution >= 0.6 is 23.8 Å². The van der Waals surface area contributed by atoms with E-state index in [-0.39, 0.29) is 5.82 Å². The van der Waals surface area contributed by atoms with Crippen LogP contribution in [0.1, 0.15) is 12.5 Å². The van der Waals surface area contributed by atoms with Crippen LogP contribution in [0.4, 0.5) is 4.39 Å². The van der Waals surface area contributed by atoms with Crippen LogP contribution in [0.25, 0.3) is 11.4 Å². The Hall–Kier alpha value is -2.02. The van der Waals surface area contributed by atoms with Crippen LogP contribution in [0.15, 0.2) is 48.5 Å². The number of nitrogens with one attached hydrogen (secondary N) is 1. The van der Waals surface area contributed by atoms with Crippen molar-refractivity contribution < 1.29 is 9.29 Å². The van der Waals surface area contributed by atoms with Gasteiger partial charge in [0.15, 0.2) is 12.5 Å². The Bertz CT molecular complexity index is 932. The zero-order chi connectivity index (χ0) is 18.7. The number of rotatable bonds is 6. The molecule has 0 aliphatic carbocycles.